The second-order valence-electron chi connectivity index (χ2n) is 6.22. The SMILES string of the molecule is CCCNC(=O)C1CCN(C(=O)C2(N)CCCC2)CC1. The van der Waals surface area contributed by atoms with Crippen molar-refractivity contribution in [1.82, 2.24) is 10.2 Å². The summed E-state index contributed by atoms with van der Waals surface area (Å²) >= 11 is 0. The van der Waals surface area contributed by atoms with E-state index in [1.165, 1.54) is 0 Å². The van der Waals surface area contributed by atoms with Crippen molar-refractivity contribution in [3.05, 3.63) is 0 Å². The quantitative estimate of drug-likeness (QED) is 0.808. The Bertz CT molecular complexity index is 356. The molecule has 0 bridgehead atoms. The highest BCUT2D eigenvalue weighted by Crippen LogP contribution is 2.30. The third kappa shape index (κ3) is 3.32. The fourth-order valence-electron chi connectivity index (χ4n) is 3.27. The van der Waals surface area contributed by atoms with Gasteiger partial charge in [0.25, 0.3) is 0 Å². The van der Waals surface area contributed by atoms with E-state index in [0.717, 1.165) is 51.5 Å². The lowest BCUT2D eigenvalue weighted by Gasteiger charge is -2.36. The molecule has 0 aromatic rings. The second-order valence-corrected chi connectivity index (χ2v) is 6.22. The number of likely N-dealkylation sites (tertiary alicyclic amines) is 1. The Balaban J connectivity index is 1.82. The molecule has 1 saturated carbocycles. The molecule has 3 N–H and O–H groups in total. The van der Waals surface area contributed by atoms with E-state index < -0.39 is 5.54 Å². The molecule has 2 aliphatic rings. The average molecular weight is 281 g/mol. The zero-order valence-corrected chi connectivity index (χ0v) is 12.5. The predicted molar refractivity (Wildman–Crippen MR) is 78.0 cm³/mol. The third-order valence-electron chi connectivity index (χ3n) is 4.62. The monoisotopic (exact) mass is 281 g/mol. The van der Waals surface area contributed by atoms with Crippen LogP contribution in [0.3, 0.4) is 0 Å². The molecule has 20 heavy (non-hydrogen) atoms. The molecule has 1 heterocycles. The zero-order valence-electron chi connectivity index (χ0n) is 12.5. The number of nitrogens with one attached hydrogen (secondary N) is 1. The summed E-state index contributed by atoms with van der Waals surface area (Å²) in [6.45, 7) is 4.12. The molecule has 0 unspecified atom stereocenters. The van der Waals surface area contributed by atoms with Crippen molar-refractivity contribution in [3.63, 3.8) is 0 Å². The first-order valence-corrected chi connectivity index (χ1v) is 7.93. The second kappa shape index (κ2) is 6.57. The number of carbonyl (C=O) groups excluding carboxylic acids is 2. The summed E-state index contributed by atoms with van der Waals surface area (Å²) in [5, 5.41) is 2.94. The van der Waals surface area contributed by atoms with Crippen LogP contribution < -0.4 is 11.1 Å². The average Bonchev–Trinajstić information content (AvgIpc) is 2.92. The Morgan fingerprint density at radius 3 is 2.40 bits per heavy atom. The molecule has 1 aliphatic carbocycles. The lowest BCUT2D eigenvalue weighted by atomic mass is 9.92. The summed E-state index contributed by atoms with van der Waals surface area (Å²) in [6.07, 6.45) is 6.20. The van der Waals surface area contributed by atoms with Gasteiger partial charge in [0, 0.05) is 25.6 Å². The summed E-state index contributed by atoms with van der Waals surface area (Å²) in [4.78, 5) is 26.3. The van der Waals surface area contributed by atoms with Gasteiger partial charge in [0.15, 0.2) is 0 Å². The minimum absolute atomic E-state index is 0.0582. The number of rotatable bonds is 4. The van der Waals surface area contributed by atoms with Gasteiger partial charge in [-0.05, 0) is 32.1 Å². The van der Waals surface area contributed by atoms with Crippen LogP contribution in [0.1, 0.15) is 51.9 Å². The Kier molecular flexibility index (Phi) is 5.02. The smallest absolute Gasteiger partial charge is 0.242 e. The Hall–Kier alpha value is -1.10. The molecule has 1 aliphatic heterocycles. The van der Waals surface area contributed by atoms with Gasteiger partial charge < -0.3 is 16.0 Å². The summed E-state index contributed by atoms with van der Waals surface area (Å²) in [7, 11) is 0. The number of amides is 2. The number of hydrogen-bond acceptors (Lipinski definition) is 3. The van der Waals surface area contributed by atoms with Crippen molar-refractivity contribution in [2.75, 3.05) is 19.6 Å². The van der Waals surface area contributed by atoms with Gasteiger partial charge >= 0.3 is 0 Å². The molecule has 2 amide bonds. The van der Waals surface area contributed by atoms with E-state index in [1.807, 2.05) is 11.8 Å². The van der Waals surface area contributed by atoms with Crippen LogP contribution in [0.5, 0.6) is 0 Å². The number of nitrogens with zero attached hydrogens (tertiary/aromatic N) is 1. The first-order valence-electron chi connectivity index (χ1n) is 7.93. The molecular formula is C15H27N3O2. The van der Waals surface area contributed by atoms with Crippen LogP contribution in [0.25, 0.3) is 0 Å². The van der Waals surface area contributed by atoms with Crippen LogP contribution in [-0.4, -0.2) is 41.9 Å². The number of carbonyl (C=O) groups is 2. The largest absolute Gasteiger partial charge is 0.356 e. The van der Waals surface area contributed by atoms with Crippen LogP contribution in [-0.2, 0) is 9.59 Å². The maximum atomic E-state index is 12.5. The first kappa shape index (κ1) is 15.3. The molecule has 0 aromatic heterocycles. The Labute approximate surface area is 121 Å². The van der Waals surface area contributed by atoms with Gasteiger partial charge in [0.1, 0.15) is 0 Å². The molecule has 0 aromatic carbocycles. The van der Waals surface area contributed by atoms with Gasteiger partial charge in [0.05, 0.1) is 5.54 Å². The van der Waals surface area contributed by atoms with Crippen molar-refractivity contribution < 1.29 is 9.59 Å². The molecule has 114 valence electrons. The molecule has 5 heteroatoms. The van der Waals surface area contributed by atoms with Gasteiger partial charge in [-0.2, -0.15) is 0 Å². The molecular weight excluding hydrogens is 254 g/mol. The fourth-order valence-corrected chi connectivity index (χ4v) is 3.27. The zero-order chi connectivity index (χ0) is 14.6. The maximum absolute atomic E-state index is 12.5. The van der Waals surface area contributed by atoms with Gasteiger partial charge in [-0.15, -0.1) is 0 Å². The minimum atomic E-state index is -0.628. The third-order valence-corrected chi connectivity index (χ3v) is 4.62. The van der Waals surface area contributed by atoms with E-state index in [4.69, 9.17) is 5.73 Å². The highest BCUT2D eigenvalue weighted by molar-refractivity contribution is 5.87. The first-order chi connectivity index (χ1) is 9.57. The van der Waals surface area contributed by atoms with Crippen molar-refractivity contribution in [2.45, 2.75) is 57.4 Å². The van der Waals surface area contributed by atoms with Gasteiger partial charge in [-0.25, -0.2) is 0 Å². The van der Waals surface area contributed by atoms with E-state index in [0.29, 0.717) is 13.1 Å². The van der Waals surface area contributed by atoms with Crippen molar-refractivity contribution in [3.8, 4) is 0 Å². The van der Waals surface area contributed by atoms with Crippen LogP contribution in [0.2, 0.25) is 0 Å². The van der Waals surface area contributed by atoms with Crippen molar-refractivity contribution >= 4 is 11.8 Å². The van der Waals surface area contributed by atoms with Crippen LogP contribution in [0.4, 0.5) is 0 Å². The van der Waals surface area contributed by atoms with E-state index in [1.54, 1.807) is 0 Å². The van der Waals surface area contributed by atoms with Gasteiger partial charge in [-0.1, -0.05) is 19.8 Å². The number of piperidine rings is 1. The molecule has 0 spiro atoms. The molecule has 0 atom stereocenters. The molecule has 1 saturated heterocycles. The Morgan fingerprint density at radius 1 is 1.25 bits per heavy atom. The molecule has 0 radical (unpaired) electrons. The summed E-state index contributed by atoms with van der Waals surface area (Å²) in [5.41, 5.74) is 5.60. The van der Waals surface area contributed by atoms with Gasteiger partial charge in [0.2, 0.25) is 11.8 Å². The maximum Gasteiger partial charge on any atom is 0.242 e. The lowest BCUT2D eigenvalue weighted by molar-refractivity contribution is -0.140. The molecule has 2 fully saturated rings. The highest BCUT2D eigenvalue weighted by atomic mass is 16.2. The molecule has 2 rings (SSSR count). The van der Waals surface area contributed by atoms with Crippen molar-refractivity contribution in [1.29, 1.82) is 0 Å². The van der Waals surface area contributed by atoms with E-state index in [-0.39, 0.29) is 17.7 Å². The standard InChI is InChI=1S/C15H27N3O2/c1-2-9-17-13(19)12-5-10-18(11-6-12)14(20)15(16)7-3-4-8-15/h12H,2-11,16H2,1H3,(H,17,19). The molecule has 5 nitrogen and oxygen atoms in total. The normalized spacial score (nSPS) is 22.8. The number of hydrogen-bond donors (Lipinski definition) is 2. The minimum Gasteiger partial charge on any atom is -0.356 e. The van der Waals surface area contributed by atoms with E-state index in [2.05, 4.69) is 5.32 Å². The summed E-state index contributed by atoms with van der Waals surface area (Å²) in [6, 6.07) is 0. The van der Waals surface area contributed by atoms with Crippen LogP contribution >= 0.6 is 0 Å². The predicted octanol–water partition coefficient (Wildman–Crippen LogP) is 1.02. The summed E-state index contributed by atoms with van der Waals surface area (Å²) in [5.74, 6) is 0.299. The van der Waals surface area contributed by atoms with E-state index >= 15 is 0 Å². The van der Waals surface area contributed by atoms with Gasteiger partial charge in [-0.3, -0.25) is 9.59 Å². The summed E-state index contributed by atoms with van der Waals surface area (Å²) < 4.78 is 0. The fraction of sp³-hybridized carbons (Fsp3) is 0.867. The Morgan fingerprint density at radius 2 is 1.85 bits per heavy atom. The topological polar surface area (TPSA) is 75.4 Å². The highest BCUT2D eigenvalue weighted by Gasteiger charge is 2.41. The number of nitrogens with two attached hydrogens (primary N) is 1. The van der Waals surface area contributed by atoms with Crippen LogP contribution in [0, 0.1) is 5.92 Å². The van der Waals surface area contributed by atoms with Crippen molar-refractivity contribution in [2.24, 2.45) is 11.7 Å². The van der Waals surface area contributed by atoms with Crippen LogP contribution in [0.15, 0.2) is 0 Å². The van der Waals surface area contributed by atoms with E-state index in [9.17, 15) is 9.59 Å². The lowest BCUT2D eigenvalue weighted by Crippen LogP contribution is -2.55.